The zero-order valence-corrected chi connectivity index (χ0v) is 9.11. The van der Waals surface area contributed by atoms with E-state index in [1.54, 1.807) is 6.07 Å². The molecule has 1 aliphatic heterocycles. The van der Waals surface area contributed by atoms with E-state index in [0.29, 0.717) is 11.8 Å². The minimum absolute atomic E-state index is 0.288. The first-order chi connectivity index (χ1) is 7.34. The lowest BCUT2D eigenvalue weighted by Gasteiger charge is -2.21. The molecule has 0 aliphatic carbocycles. The van der Waals surface area contributed by atoms with Crippen LogP contribution in [0.1, 0.15) is 18.5 Å². The number of hydrogen-bond acceptors (Lipinski definition) is 4. The summed E-state index contributed by atoms with van der Waals surface area (Å²) in [5.74, 6) is 0. The Labute approximate surface area is 93.6 Å². The van der Waals surface area contributed by atoms with Gasteiger partial charge in [0.05, 0.1) is 18.4 Å². The van der Waals surface area contributed by atoms with Crippen molar-refractivity contribution in [1.82, 2.24) is 10.2 Å². The van der Waals surface area contributed by atoms with E-state index in [-0.39, 0.29) is 6.10 Å². The molecule has 1 aromatic heterocycles. The zero-order chi connectivity index (χ0) is 10.5. The maximum Gasteiger partial charge on any atom is 0.151 e. The average molecular weight is 229 g/mol. The van der Waals surface area contributed by atoms with E-state index in [2.05, 4.69) is 10.2 Å². The van der Waals surface area contributed by atoms with Gasteiger partial charge in [0.15, 0.2) is 5.15 Å². The molecule has 0 aromatic carbocycles. The molecule has 82 valence electrons. The number of aromatic nitrogens is 2. The van der Waals surface area contributed by atoms with Gasteiger partial charge in [-0.3, -0.25) is 0 Å². The van der Waals surface area contributed by atoms with Crippen LogP contribution in [0.15, 0.2) is 12.1 Å². The predicted octanol–water partition coefficient (Wildman–Crippen LogP) is 1.83. The second-order valence-corrected chi connectivity index (χ2v) is 3.86. The smallest absolute Gasteiger partial charge is 0.151 e. The van der Waals surface area contributed by atoms with Crippen LogP contribution in [-0.4, -0.2) is 29.5 Å². The summed E-state index contributed by atoms with van der Waals surface area (Å²) in [6.07, 6.45) is 2.21. The van der Waals surface area contributed by atoms with Gasteiger partial charge < -0.3 is 9.47 Å². The monoisotopic (exact) mass is 228 g/mol. The molecule has 0 unspecified atom stereocenters. The first kappa shape index (κ1) is 10.8. The van der Waals surface area contributed by atoms with Crippen LogP contribution in [0.25, 0.3) is 0 Å². The Balaban J connectivity index is 1.79. The Morgan fingerprint density at radius 3 is 2.80 bits per heavy atom. The Kier molecular flexibility index (Phi) is 3.88. The van der Waals surface area contributed by atoms with E-state index >= 15 is 0 Å². The lowest BCUT2D eigenvalue weighted by molar-refractivity contribution is -0.0401. The van der Waals surface area contributed by atoms with Crippen molar-refractivity contribution in [2.75, 3.05) is 13.2 Å². The molecule has 0 saturated carbocycles. The molecule has 15 heavy (non-hydrogen) atoms. The highest BCUT2D eigenvalue weighted by atomic mass is 35.5. The van der Waals surface area contributed by atoms with Gasteiger partial charge in [0.1, 0.15) is 0 Å². The van der Waals surface area contributed by atoms with Gasteiger partial charge in [0, 0.05) is 13.2 Å². The molecule has 0 radical (unpaired) electrons. The van der Waals surface area contributed by atoms with Crippen molar-refractivity contribution in [3.63, 3.8) is 0 Å². The fourth-order valence-corrected chi connectivity index (χ4v) is 1.57. The van der Waals surface area contributed by atoms with Gasteiger partial charge in [-0.05, 0) is 25.0 Å². The van der Waals surface area contributed by atoms with E-state index in [1.807, 2.05) is 6.07 Å². The van der Waals surface area contributed by atoms with Crippen LogP contribution < -0.4 is 0 Å². The molecule has 4 nitrogen and oxygen atoms in total. The normalized spacial score (nSPS) is 17.9. The van der Waals surface area contributed by atoms with Crippen LogP contribution in [0.3, 0.4) is 0 Å². The van der Waals surface area contributed by atoms with Gasteiger partial charge in [0.2, 0.25) is 0 Å². The molecule has 1 fully saturated rings. The first-order valence-electron chi connectivity index (χ1n) is 5.02. The van der Waals surface area contributed by atoms with Crippen molar-refractivity contribution in [3.05, 3.63) is 23.0 Å². The van der Waals surface area contributed by atoms with Gasteiger partial charge in [-0.15, -0.1) is 5.10 Å². The largest absolute Gasteiger partial charge is 0.381 e. The average Bonchev–Trinajstić information content (AvgIpc) is 2.30. The number of nitrogens with zero attached hydrogens (tertiary/aromatic N) is 2. The SMILES string of the molecule is Clc1ccc(COC2CCOCC2)nn1. The molecule has 0 spiro atoms. The van der Waals surface area contributed by atoms with Crippen LogP contribution in [0.5, 0.6) is 0 Å². The predicted molar refractivity (Wildman–Crippen MR) is 55.7 cm³/mol. The van der Waals surface area contributed by atoms with Gasteiger partial charge in [-0.25, -0.2) is 0 Å². The van der Waals surface area contributed by atoms with Gasteiger partial charge in [-0.1, -0.05) is 11.6 Å². The summed E-state index contributed by atoms with van der Waals surface area (Å²) in [6.45, 7) is 2.07. The zero-order valence-electron chi connectivity index (χ0n) is 8.36. The molecule has 2 heterocycles. The van der Waals surface area contributed by atoms with Crippen LogP contribution in [0, 0.1) is 0 Å². The Morgan fingerprint density at radius 1 is 1.33 bits per heavy atom. The summed E-state index contributed by atoms with van der Waals surface area (Å²) < 4.78 is 10.9. The molecule has 0 amide bonds. The lowest BCUT2D eigenvalue weighted by atomic mass is 10.1. The third-order valence-corrected chi connectivity index (χ3v) is 2.52. The first-order valence-corrected chi connectivity index (χ1v) is 5.40. The van der Waals surface area contributed by atoms with Crippen molar-refractivity contribution in [2.45, 2.75) is 25.6 Å². The summed E-state index contributed by atoms with van der Waals surface area (Å²) in [5, 5.41) is 8.09. The number of halogens is 1. The summed E-state index contributed by atoms with van der Waals surface area (Å²) in [6, 6.07) is 3.55. The van der Waals surface area contributed by atoms with Crippen molar-refractivity contribution < 1.29 is 9.47 Å². The molecular formula is C10H13ClN2O2. The second kappa shape index (κ2) is 5.39. The van der Waals surface area contributed by atoms with Crippen molar-refractivity contribution in [3.8, 4) is 0 Å². The van der Waals surface area contributed by atoms with Crippen LogP contribution >= 0.6 is 11.6 Å². The van der Waals surface area contributed by atoms with Gasteiger partial charge in [-0.2, -0.15) is 5.10 Å². The summed E-state index contributed by atoms with van der Waals surface area (Å²) in [4.78, 5) is 0. The highest BCUT2D eigenvalue weighted by Crippen LogP contribution is 2.12. The van der Waals surface area contributed by atoms with Crippen LogP contribution in [0.4, 0.5) is 0 Å². The van der Waals surface area contributed by atoms with Crippen molar-refractivity contribution in [1.29, 1.82) is 0 Å². The highest BCUT2D eigenvalue weighted by molar-refractivity contribution is 6.29. The quantitative estimate of drug-likeness (QED) is 0.792. The minimum atomic E-state index is 0.288. The maximum atomic E-state index is 5.68. The summed E-state index contributed by atoms with van der Waals surface area (Å²) in [7, 11) is 0. The molecular weight excluding hydrogens is 216 g/mol. The van der Waals surface area contributed by atoms with Crippen molar-refractivity contribution >= 4 is 11.6 Å². The molecule has 5 heteroatoms. The number of ether oxygens (including phenoxy) is 2. The second-order valence-electron chi connectivity index (χ2n) is 3.47. The van der Waals surface area contributed by atoms with E-state index in [9.17, 15) is 0 Å². The topological polar surface area (TPSA) is 44.2 Å². The number of hydrogen-bond donors (Lipinski definition) is 0. The Morgan fingerprint density at radius 2 is 2.13 bits per heavy atom. The van der Waals surface area contributed by atoms with Crippen molar-refractivity contribution in [2.24, 2.45) is 0 Å². The van der Waals surface area contributed by atoms with E-state index in [1.165, 1.54) is 0 Å². The maximum absolute atomic E-state index is 5.68. The van der Waals surface area contributed by atoms with Gasteiger partial charge >= 0.3 is 0 Å². The number of rotatable bonds is 3. The fourth-order valence-electron chi connectivity index (χ4n) is 1.47. The van der Waals surface area contributed by atoms with Crippen LogP contribution in [0.2, 0.25) is 5.15 Å². The Bertz CT molecular complexity index is 299. The van der Waals surface area contributed by atoms with E-state index in [0.717, 1.165) is 31.7 Å². The third-order valence-electron chi connectivity index (χ3n) is 2.32. The lowest BCUT2D eigenvalue weighted by Crippen LogP contribution is -2.23. The summed E-state index contributed by atoms with van der Waals surface area (Å²) >= 11 is 5.63. The molecule has 2 rings (SSSR count). The molecule has 1 saturated heterocycles. The third kappa shape index (κ3) is 3.41. The van der Waals surface area contributed by atoms with Gasteiger partial charge in [0.25, 0.3) is 0 Å². The molecule has 1 aliphatic rings. The standard InChI is InChI=1S/C10H13ClN2O2/c11-10-2-1-8(12-13-10)7-15-9-3-5-14-6-4-9/h1-2,9H,3-7H2. The Hall–Kier alpha value is -0.710. The fraction of sp³-hybridized carbons (Fsp3) is 0.600. The minimum Gasteiger partial charge on any atom is -0.381 e. The highest BCUT2D eigenvalue weighted by Gasteiger charge is 2.14. The van der Waals surface area contributed by atoms with Crippen LogP contribution in [-0.2, 0) is 16.1 Å². The summed E-state index contributed by atoms with van der Waals surface area (Å²) in [5.41, 5.74) is 0.811. The van der Waals surface area contributed by atoms with E-state index in [4.69, 9.17) is 21.1 Å². The molecule has 1 aromatic rings. The molecule has 0 N–H and O–H groups in total. The molecule has 0 atom stereocenters. The van der Waals surface area contributed by atoms with E-state index < -0.39 is 0 Å². The molecule has 0 bridgehead atoms.